The molecule has 114 valence electrons. The van der Waals surface area contributed by atoms with Gasteiger partial charge in [0, 0.05) is 11.4 Å². The minimum absolute atomic E-state index is 0.170. The molecule has 0 bridgehead atoms. The van der Waals surface area contributed by atoms with E-state index in [1.54, 1.807) is 12.1 Å². The maximum Gasteiger partial charge on any atom is 0.250 e. The van der Waals surface area contributed by atoms with Crippen molar-refractivity contribution in [1.82, 2.24) is 15.4 Å². The van der Waals surface area contributed by atoms with Gasteiger partial charge < -0.3 is 0 Å². The summed E-state index contributed by atoms with van der Waals surface area (Å²) in [5.41, 5.74) is 4.84. The Morgan fingerprint density at radius 3 is 2.55 bits per heavy atom. The van der Waals surface area contributed by atoms with Crippen LogP contribution in [0, 0.1) is 19.7 Å². The van der Waals surface area contributed by atoms with Crippen LogP contribution in [-0.4, -0.2) is 27.8 Å². The second kappa shape index (κ2) is 7.65. The van der Waals surface area contributed by atoms with Gasteiger partial charge in [0.1, 0.15) is 5.82 Å². The van der Waals surface area contributed by atoms with E-state index in [-0.39, 0.29) is 17.5 Å². The molecule has 0 aliphatic carbocycles. The van der Waals surface area contributed by atoms with Crippen molar-refractivity contribution >= 4 is 23.9 Å². The summed E-state index contributed by atoms with van der Waals surface area (Å²) < 4.78 is 12.7. The van der Waals surface area contributed by atoms with E-state index in [4.69, 9.17) is 0 Å². The fraction of sp³-hybridized carbons (Fsp3) is 0.200. The maximum absolute atomic E-state index is 12.7. The highest BCUT2D eigenvalue weighted by Crippen LogP contribution is 2.13. The molecule has 1 N–H and O–H groups in total. The highest BCUT2D eigenvalue weighted by molar-refractivity contribution is 7.99. The van der Waals surface area contributed by atoms with E-state index in [0.29, 0.717) is 10.7 Å². The van der Waals surface area contributed by atoms with Gasteiger partial charge in [-0.3, -0.25) is 4.79 Å². The number of halogens is 1. The Hall–Kier alpha value is -2.28. The van der Waals surface area contributed by atoms with Crippen LogP contribution in [0.5, 0.6) is 0 Å². The van der Waals surface area contributed by atoms with Crippen LogP contribution in [0.25, 0.3) is 0 Å². The first-order chi connectivity index (χ1) is 10.5. The number of hydrazone groups is 1. The third kappa shape index (κ3) is 5.25. The lowest BCUT2D eigenvalue weighted by atomic mass is 10.2. The molecule has 1 aromatic carbocycles. The van der Waals surface area contributed by atoms with Crippen LogP contribution in [0.15, 0.2) is 40.6 Å². The molecule has 2 rings (SSSR count). The molecule has 0 saturated carbocycles. The van der Waals surface area contributed by atoms with E-state index < -0.39 is 0 Å². The van der Waals surface area contributed by atoms with Crippen LogP contribution in [0.4, 0.5) is 4.39 Å². The number of aryl methyl sites for hydroxylation is 2. The SMILES string of the molecule is Cc1cc(C)nc(SCC(=O)N/N=C\c2ccc(F)cc2)n1. The molecule has 7 heteroatoms. The van der Waals surface area contributed by atoms with Crippen molar-refractivity contribution in [3.05, 3.63) is 53.1 Å². The molecule has 0 atom stereocenters. The molecule has 0 aliphatic heterocycles. The number of carbonyl (C=O) groups is 1. The fourth-order valence-electron chi connectivity index (χ4n) is 1.65. The van der Waals surface area contributed by atoms with Gasteiger partial charge in [-0.25, -0.2) is 19.8 Å². The number of aromatic nitrogens is 2. The lowest BCUT2D eigenvalue weighted by molar-refractivity contribution is -0.118. The highest BCUT2D eigenvalue weighted by atomic mass is 32.2. The van der Waals surface area contributed by atoms with Gasteiger partial charge in [0.05, 0.1) is 12.0 Å². The van der Waals surface area contributed by atoms with E-state index in [2.05, 4.69) is 20.5 Å². The third-order valence-corrected chi connectivity index (χ3v) is 3.41. The molecule has 0 aliphatic rings. The molecule has 22 heavy (non-hydrogen) atoms. The number of nitrogens with zero attached hydrogens (tertiary/aromatic N) is 3. The van der Waals surface area contributed by atoms with E-state index in [1.165, 1.54) is 30.1 Å². The van der Waals surface area contributed by atoms with Gasteiger partial charge in [0.15, 0.2) is 5.16 Å². The molecular weight excluding hydrogens is 303 g/mol. The molecule has 0 saturated heterocycles. The van der Waals surface area contributed by atoms with Gasteiger partial charge in [0.25, 0.3) is 5.91 Å². The number of amides is 1. The van der Waals surface area contributed by atoms with Crippen LogP contribution in [0.2, 0.25) is 0 Å². The van der Waals surface area contributed by atoms with E-state index in [9.17, 15) is 9.18 Å². The fourth-order valence-corrected chi connectivity index (χ4v) is 2.39. The van der Waals surface area contributed by atoms with Gasteiger partial charge in [-0.05, 0) is 37.6 Å². The second-order valence-corrected chi connectivity index (χ2v) is 5.51. The van der Waals surface area contributed by atoms with Gasteiger partial charge in [-0.15, -0.1) is 0 Å². The van der Waals surface area contributed by atoms with Crippen molar-refractivity contribution in [1.29, 1.82) is 0 Å². The molecule has 2 aromatic rings. The molecule has 1 amide bonds. The van der Waals surface area contributed by atoms with Gasteiger partial charge in [-0.2, -0.15) is 5.10 Å². The summed E-state index contributed by atoms with van der Waals surface area (Å²) in [4.78, 5) is 20.1. The highest BCUT2D eigenvalue weighted by Gasteiger charge is 2.05. The van der Waals surface area contributed by atoms with Gasteiger partial charge in [-0.1, -0.05) is 23.9 Å². The first-order valence-corrected chi connectivity index (χ1v) is 7.54. The largest absolute Gasteiger partial charge is 0.272 e. The second-order valence-electron chi connectivity index (χ2n) is 4.57. The minimum atomic E-state index is -0.314. The zero-order chi connectivity index (χ0) is 15.9. The zero-order valence-corrected chi connectivity index (χ0v) is 13.0. The number of carbonyl (C=O) groups excluding carboxylic acids is 1. The quantitative estimate of drug-likeness (QED) is 0.398. The first kappa shape index (κ1) is 16.1. The Balaban J connectivity index is 1.81. The number of hydrogen-bond donors (Lipinski definition) is 1. The van der Waals surface area contributed by atoms with Crippen molar-refractivity contribution in [3.8, 4) is 0 Å². The Bertz CT molecular complexity index is 668. The van der Waals surface area contributed by atoms with Crippen LogP contribution < -0.4 is 5.43 Å². The number of benzene rings is 1. The average molecular weight is 318 g/mol. The van der Waals surface area contributed by atoms with E-state index in [0.717, 1.165) is 11.4 Å². The lowest BCUT2D eigenvalue weighted by Gasteiger charge is -2.02. The lowest BCUT2D eigenvalue weighted by Crippen LogP contribution is -2.19. The van der Waals surface area contributed by atoms with Crippen molar-refractivity contribution < 1.29 is 9.18 Å². The minimum Gasteiger partial charge on any atom is -0.272 e. The number of nitrogens with one attached hydrogen (secondary N) is 1. The number of rotatable bonds is 5. The smallest absolute Gasteiger partial charge is 0.250 e. The predicted molar refractivity (Wildman–Crippen MR) is 84.4 cm³/mol. The summed E-state index contributed by atoms with van der Waals surface area (Å²) >= 11 is 1.25. The number of thioether (sulfide) groups is 1. The molecule has 0 radical (unpaired) electrons. The van der Waals surface area contributed by atoms with Crippen LogP contribution in [0.3, 0.4) is 0 Å². The Morgan fingerprint density at radius 1 is 1.27 bits per heavy atom. The summed E-state index contributed by atoms with van der Waals surface area (Å²) in [6.07, 6.45) is 1.45. The van der Waals surface area contributed by atoms with Crippen molar-refractivity contribution in [3.63, 3.8) is 0 Å². The summed E-state index contributed by atoms with van der Waals surface area (Å²) in [7, 11) is 0. The van der Waals surface area contributed by atoms with Crippen molar-refractivity contribution in [2.75, 3.05) is 5.75 Å². The Labute approximate surface area is 132 Å². The van der Waals surface area contributed by atoms with Crippen molar-refractivity contribution in [2.24, 2.45) is 5.10 Å². The molecule has 0 fully saturated rings. The summed E-state index contributed by atoms with van der Waals surface area (Å²) in [6.45, 7) is 3.76. The normalized spacial score (nSPS) is 10.9. The Kier molecular flexibility index (Phi) is 5.60. The molecule has 5 nitrogen and oxygen atoms in total. The summed E-state index contributed by atoms with van der Waals surface area (Å²) in [6, 6.07) is 7.68. The first-order valence-electron chi connectivity index (χ1n) is 6.55. The topological polar surface area (TPSA) is 67.2 Å². The molecule has 1 heterocycles. The summed E-state index contributed by atoms with van der Waals surface area (Å²) in [5.74, 6) is -0.402. The van der Waals surface area contributed by atoms with Crippen LogP contribution in [0.1, 0.15) is 17.0 Å². The van der Waals surface area contributed by atoms with Crippen molar-refractivity contribution in [2.45, 2.75) is 19.0 Å². The molecular formula is C15H15FN4OS. The average Bonchev–Trinajstić information content (AvgIpc) is 2.46. The predicted octanol–water partition coefficient (Wildman–Crippen LogP) is 2.47. The molecule has 0 unspecified atom stereocenters. The monoisotopic (exact) mass is 318 g/mol. The van der Waals surface area contributed by atoms with Gasteiger partial charge in [0.2, 0.25) is 0 Å². The molecule has 0 spiro atoms. The van der Waals surface area contributed by atoms with Gasteiger partial charge >= 0.3 is 0 Å². The number of hydrogen-bond acceptors (Lipinski definition) is 5. The standard InChI is InChI=1S/C15H15FN4OS/c1-10-7-11(2)19-15(18-10)22-9-14(21)20-17-8-12-3-5-13(16)6-4-12/h3-8H,9H2,1-2H3,(H,20,21)/b17-8-. The Morgan fingerprint density at radius 2 is 1.91 bits per heavy atom. The van der Waals surface area contributed by atoms with Crippen LogP contribution >= 0.6 is 11.8 Å². The van der Waals surface area contributed by atoms with E-state index in [1.807, 2.05) is 19.9 Å². The van der Waals surface area contributed by atoms with Crippen LogP contribution in [-0.2, 0) is 4.79 Å². The van der Waals surface area contributed by atoms with E-state index >= 15 is 0 Å². The summed E-state index contributed by atoms with van der Waals surface area (Å²) in [5, 5.41) is 4.38. The molecule has 1 aromatic heterocycles. The maximum atomic E-state index is 12.7. The zero-order valence-electron chi connectivity index (χ0n) is 12.2. The third-order valence-electron chi connectivity index (χ3n) is 2.57.